The van der Waals surface area contributed by atoms with Crippen molar-refractivity contribution in [2.45, 2.75) is 25.0 Å². The van der Waals surface area contributed by atoms with E-state index in [0.717, 1.165) is 6.42 Å². The quantitative estimate of drug-likeness (QED) is 0.777. The lowest BCUT2D eigenvalue weighted by Gasteiger charge is -2.15. The topological polar surface area (TPSA) is 93.5 Å². The highest BCUT2D eigenvalue weighted by Crippen LogP contribution is 2.16. The Morgan fingerprint density at radius 2 is 2.44 bits per heavy atom. The molecule has 0 aromatic carbocycles. The lowest BCUT2D eigenvalue weighted by Crippen LogP contribution is -2.39. The number of aryl methyl sites for hydroxylation is 1. The Morgan fingerprint density at radius 1 is 1.67 bits per heavy atom. The molecule has 1 amide bonds. The first-order valence-corrected chi connectivity index (χ1v) is 5.71. The van der Waals surface area contributed by atoms with E-state index in [0.29, 0.717) is 18.6 Å². The molecule has 1 saturated heterocycles. The van der Waals surface area contributed by atoms with Gasteiger partial charge >= 0.3 is 5.97 Å². The molecular weight excluding hydrogens is 238 g/mol. The van der Waals surface area contributed by atoms with Crippen LogP contribution in [0.1, 0.15) is 24.4 Å². The summed E-state index contributed by atoms with van der Waals surface area (Å²) in [4.78, 5) is 23.0. The zero-order chi connectivity index (χ0) is 13.1. The van der Waals surface area contributed by atoms with Crippen LogP contribution in [0, 0.1) is 0 Å². The van der Waals surface area contributed by atoms with E-state index in [1.807, 2.05) is 0 Å². The smallest absolute Gasteiger partial charge is 0.331 e. The number of rotatable bonds is 4. The van der Waals surface area contributed by atoms with Gasteiger partial charge in [-0.25, -0.2) is 4.79 Å². The fourth-order valence-electron chi connectivity index (χ4n) is 1.90. The van der Waals surface area contributed by atoms with Gasteiger partial charge in [0.2, 0.25) is 5.91 Å². The average molecular weight is 253 g/mol. The first kappa shape index (κ1) is 12.6. The molecule has 2 rings (SSSR count). The fourth-order valence-corrected chi connectivity index (χ4v) is 1.90. The van der Waals surface area contributed by atoms with Gasteiger partial charge in [-0.3, -0.25) is 9.48 Å². The number of nitrogens with one attached hydrogen (secondary N) is 1. The van der Waals surface area contributed by atoms with Crippen LogP contribution in [-0.2, 0) is 21.4 Å². The molecule has 18 heavy (non-hydrogen) atoms. The third-order valence-corrected chi connectivity index (χ3v) is 2.81. The lowest BCUT2D eigenvalue weighted by atomic mass is 10.1. The van der Waals surface area contributed by atoms with E-state index in [9.17, 15) is 9.59 Å². The van der Waals surface area contributed by atoms with Crippen LogP contribution in [0.3, 0.4) is 0 Å². The predicted molar refractivity (Wildman–Crippen MR) is 60.7 cm³/mol. The van der Waals surface area contributed by atoms with E-state index < -0.39 is 18.1 Å². The second kappa shape index (κ2) is 5.18. The summed E-state index contributed by atoms with van der Waals surface area (Å²) in [6.45, 7) is 0.544. The molecule has 1 fully saturated rings. The molecule has 7 nitrogen and oxygen atoms in total. The van der Waals surface area contributed by atoms with Crippen molar-refractivity contribution >= 4 is 11.9 Å². The first-order valence-electron chi connectivity index (χ1n) is 5.71. The summed E-state index contributed by atoms with van der Waals surface area (Å²) in [5.41, 5.74) is 0.441. The molecule has 2 atom stereocenters. The number of aromatic nitrogens is 2. The number of hydrogen-bond donors (Lipinski definition) is 2. The van der Waals surface area contributed by atoms with Gasteiger partial charge in [-0.1, -0.05) is 0 Å². The maximum absolute atomic E-state index is 11.8. The number of hydrogen-bond acceptors (Lipinski definition) is 4. The zero-order valence-corrected chi connectivity index (χ0v) is 10.00. The summed E-state index contributed by atoms with van der Waals surface area (Å²) < 4.78 is 6.70. The highest BCUT2D eigenvalue weighted by atomic mass is 16.5. The molecule has 2 N–H and O–H groups in total. The van der Waals surface area contributed by atoms with Gasteiger partial charge in [-0.2, -0.15) is 5.10 Å². The Balaban J connectivity index is 2.07. The van der Waals surface area contributed by atoms with Crippen molar-refractivity contribution in [2.75, 3.05) is 6.61 Å². The van der Waals surface area contributed by atoms with Gasteiger partial charge in [-0.15, -0.1) is 0 Å². The van der Waals surface area contributed by atoms with E-state index in [2.05, 4.69) is 10.4 Å². The molecule has 1 aliphatic rings. The van der Waals surface area contributed by atoms with E-state index >= 15 is 0 Å². The summed E-state index contributed by atoms with van der Waals surface area (Å²) in [5.74, 6) is -1.50. The van der Waals surface area contributed by atoms with Crippen molar-refractivity contribution in [3.05, 3.63) is 18.0 Å². The molecule has 0 saturated carbocycles. The Kier molecular flexibility index (Phi) is 3.61. The largest absolute Gasteiger partial charge is 0.479 e. The third kappa shape index (κ3) is 2.67. The maximum atomic E-state index is 11.8. The van der Waals surface area contributed by atoms with E-state index in [1.165, 1.54) is 10.9 Å². The Labute approximate surface area is 104 Å². The summed E-state index contributed by atoms with van der Waals surface area (Å²) in [6, 6.07) is -1.09. The van der Waals surface area contributed by atoms with Crippen molar-refractivity contribution in [1.29, 1.82) is 0 Å². The number of amides is 1. The van der Waals surface area contributed by atoms with Gasteiger partial charge in [-0.05, 0) is 12.8 Å². The van der Waals surface area contributed by atoms with E-state index in [-0.39, 0.29) is 5.91 Å². The molecule has 1 aromatic heterocycles. The van der Waals surface area contributed by atoms with Crippen LogP contribution in [0.15, 0.2) is 12.4 Å². The van der Waals surface area contributed by atoms with Crippen LogP contribution in [-0.4, -0.2) is 39.5 Å². The van der Waals surface area contributed by atoms with Gasteiger partial charge in [0.05, 0.1) is 6.20 Å². The molecule has 0 aliphatic carbocycles. The predicted octanol–water partition coefficient (Wildman–Crippen LogP) is -0.159. The monoisotopic (exact) mass is 253 g/mol. The number of carboxylic acids is 1. The maximum Gasteiger partial charge on any atom is 0.331 e. The van der Waals surface area contributed by atoms with Crippen LogP contribution in [0.5, 0.6) is 0 Å². The Hall–Kier alpha value is -1.89. The molecule has 98 valence electrons. The second-order valence-electron chi connectivity index (χ2n) is 4.23. The standard InChI is InChI=1S/C11H15N3O4/c1-14-6-7(5-12-14)9(11(16)17)13-10(15)8-3-2-4-18-8/h5-6,8-9H,2-4H2,1H3,(H,13,15)(H,16,17)/t8-,9?/m0/s1. The van der Waals surface area contributed by atoms with Crippen molar-refractivity contribution in [2.24, 2.45) is 7.05 Å². The number of nitrogens with zero attached hydrogens (tertiary/aromatic N) is 2. The highest BCUT2D eigenvalue weighted by molar-refractivity contribution is 5.87. The van der Waals surface area contributed by atoms with E-state index in [4.69, 9.17) is 9.84 Å². The first-order chi connectivity index (χ1) is 8.58. The lowest BCUT2D eigenvalue weighted by molar-refractivity contribution is -0.143. The molecule has 0 bridgehead atoms. The molecule has 7 heteroatoms. The third-order valence-electron chi connectivity index (χ3n) is 2.81. The van der Waals surface area contributed by atoms with Crippen molar-refractivity contribution in [1.82, 2.24) is 15.1 Å². The molecule has 0 spiro atoms. The number of carbonyl (C=O) groups excluding carboxylic acids is 1. The second-order valence-corrected chi connectivity index (χ2v) is 4.23. The van der Waals surface area contributed by atoms with Gasteiger partial charge in [0, 0.05) is 25.4 Å². The van der Waals surface area contributed by atoms with Gasteiger partial charge in [0.1, 0.15) is 6.10 Å². The minimum Gasteiger partial charge on any atom is -0.479 e. The van der Waals surface area contributed by atoms with Crippen molar-refractivity contribution < 1.29 is 19.4 Å². The van der Waals surface area contributed by atoms with E-state index in [1.54, 1.807) is 13.2 Å². The summed E-state index contributed by atoms with van der Waals surface area (Å²) >= 11 is 0. The molecule has 2 heterocycles. The van der Waals surface area contributed by atoms with Crippen LogP contribution in [0.2, 0.25) is 0 Å². The number of ether oxygens (including phenoxy) is 1. The molecule has 1 aliphatic heterocycles. The minimum absolute atomic E-state index is 0.385. The summed E-state index contributed by atoms with van der Waals surface area (Å²) in [6.07, 6.45) is 3.90. The van der Waals surface area contributed by atoms with Crippen LogP contribution in [0.4, 0.5) is 0 Å². The number of carboxylic acid groups (broad SMARTS) is 1. The van der Waals surface area contributed by atoms with Crippen LogP contribution >= 0.6 is 0 Å². The average Bonchev–Trinajstić information content (AvgIpc) is 2.95. The molecule has 1 unspecified atom stereocenters. The summed E-state index contributed by atoms with van der Waals surface area (Å²) in [7, 11) is 1.68. The highest BCUT2D eigenvalue weighted by Gasteiger charge is 2.29. The SMILES string of the molecule is Cn1cc(C(NC(=O)[C@@H]2CCCO2)C(=O)O)cn1. The number of carbonyl (C=O) groups is 2. The normalized spacial score (nSPS) is 20.6. The van der Waals surface area contributed by atoms with Gasteiger partial charge in [0.25, 0.3) is 0 Å². The zero-order valence-electron chi connectivity index (χ0n) is 10.00. The van der Waals surface area contributed by atoms with Crippen LogP contribution in [0.25, 0.3) is 0 Å². The molecule has 1 aromatic rings. The fraction of sp³-hybridized carbons (Fsp3) is 0.545. The Bertz CT molecular complexity index is 451. The van der Waals surface area contributed by atoms with Gasteiger partial charge < -0.3 is 15.2 Å². The van der Waals surface area contributed by atoms with Crippen molar-refractivity contribution in [3.8, 4) is 0 Å². The van der Waals surface area contributed by atoms with Crippen LogP contribution < -0.4 is 5.32 Å². The number of aliphatic carboxylic acids is 1. The van der Waals surface area contributed by atoms with Gasteiger partial charge in [0.15, 0.2) is 6.04 Å². The van der Waals surface area contributed by atoms with Crippen molar-refractivity contribution in [3.63, 3.8) is 0 Å². The molecule has 0 radical (unpaired) electrons. The summed E-state index contributed by atoms with van der Waals surface area (Å²) in [5, 5.41) is 15.5. The Morgan fingerprint density at radius 3 is 2.94 bits per heavy atom. The molecular formula is C11H15N3O4. The minimum atomic E-state index is -1.12.